The second kappa shape index (κ2) is 14.6. The number of hydrogen-bond acceptors (Lipinski definition) is 8. The number of carbonyl (C=O) groups excluding carboxylic acids is 1. The van der Waals surface area contributed by atoms with Crippen molar-refractivity contribution in [2.45, 2.75) is 37.5 Å². The summed E-state index contributed by atoms with van der Waals surface area (Å²) in [7, 11) is -4.17. The van der Waals surface area contributed by atoms with E-state index >= 15 is 0 Å². The van der Waals surface area contributed by atoms with Crippen LogP contribution in [0.15, 0.2) is 126 Å². The van der Waals surface area contributed by atoms with Crippen LogP contribution in [0.5, 0.6) is 17.2 Å². The lowest BCUT2D eigenvalue weighted by atomic mass is 9.93. The first-order valence-electron chi connectivity index (χ1n) is 15.6. The molecule has 0 saturated carbocycles. The summed E-state index contributed by atoms with van der Waals surface area (Å²) in [5, 5.41) is 14.4. The number of rotatable bonds is 11. The molecule has 0 spiro atoms. The monoisotopic (exact) mass is 664 g/mol. The number of ether oxygens (including phenoxy) is 2. The Hall–Kier alpha value is -5.32. The number of phenols is 1. The molecule has 0 bridgehead atoms. The van der Waals surface area contributed by atoms with Gasteiger partial charge in [-0.1, -0.05) is 78.4 Å². The number of hydrogen-bond donors (Lipinski definition) is 2. The first kappa shape index (κ1) is 32.6. The third-order valence-corrected chi connectivity index (χ3v) is 9.33. The van der Waals surface area contributed by atoms with Crippen LogP contribution in [0.25, 0.3) is 0 Å². The minimum Gasteiger partial charge on any atom is -0.504 e. The summed E-state index contributed by atoms with van der Waals surface area (Å²) >= 11 is 0. The van der Waals surface area contributed by atoms with Gasteiger partial charge in [0, 0.05) is 12.2 Å². The molecular formula is C38H36N2O7S. The van der Waals surface area contributed by atoms with E-state index in [1.807, 2.05) is 79.7 Å². The van der Waals surface area contributed by atoms with Gasteiger partial charge < -0.3 is 24.1 Å². The molecule has 1 aliphatic heterocycles. The molecule has 246 valence electrons. The van der Waals surface area contributed by atoms with Crippen LogP contribution in [0.2, 0.25) is 0 Å². The maximum atomic E-state index is 13.6. The van der Waals surface area contributed by atoms with Crippen molar-refractivity contribution in [2.75, 3.05) is 18.0 Å². The molecule has 0 fully saturated rings. The fraction of sp³-hybridized carbons (Fsp3) is 0.184. The van der Waals surface area contributed by atoms with Crippen LogP contribution in [-0.4, -0.2) is 32.7 Å². The highest BCUT2D eigenvalue weighted by molar-refractivity contribution is 7.87. The summed E-state index contributed by atoms with van der Waals surface area (Å²) in [6, 6.07) is 35.5. The van der Waals surface area contributed by atoms with Crippen molar-refractivity contribution in [1.29, 1.82) is 0 Å². The van der Waals surface area contributed by atoms with Gasteiger partial charge in [0.15, 0.2) is 11.5 Å². The van der Waals surface area contributed by atoms with Gasteiger partial charge in [0.1, 0.15) is 23.9 Å². The zero-order chi connectivity index (χ0) is 33.5. The number of phenolic OH excluding ortho intramolecular Hbond substituents is 1. The number of carbonyl (C=O) groups is 1. The van der Waals surface area contributed by atoms with Crippen LogP contribution < -0.4 is 19.1 Å². The smallest absolute Gasteiger partial charge is 0.414 e. The third kappa shape index (κ3) is 7.96. The lowest BCUT2D eigenvalue weighted by molar-refractivity contribution is 0.146. The van der Waals surface area contributed by atoms with Crippen LogP contribution in [0.1, 0.15) is 33.9 Å². The fourth-order valence-corrected chi connectivity index (χ4v) is 6.42. The molecule has 1 amide bonds. The summed E-state index contributed by atoms with van der Waals surface area (Å²) in [6.45, 7) is 3.10. The van der Waals surface area contributed by atoms with Gasteiger partial charge in [0.2, 0.25) is 0 Å². The minimum atomic E-state index is -4.17. The van der Waals surface area contributed by atoms with Crippen molar-refractivity contribution in [1.82, 2.24) is 5.32 Å². The van der Waals surface area contributed by atoms with Crippen molar-refractivity contribution in [3.05, 3.63) is 149 Å². The number of fused-ring (bicyclic) bond motifs is 1. The molecule has 1 aliphatic rings. The highest BCUT2D eigenvalue weighted by atomic mass is 32.2. The zero-order valence-electron chi connectivity index (χ0n) is 26.4. The predicted octanol–water partition coefficient (Wildman–Crippen LogP) is 7.08. The van der Waals surface area contributed by atoms with Gasteiger partial charge in [-0.2, -0.15) is 8.42 Å². The summed E-state index contributed by atoms with van der Waals surface area (Å²) in [4.78, 5) is 15.2. The number of nitrogens with one attached hydrogen (secondary N) is 1. The van der Waals surface area contributed by atoms with E-state index in [1.165, 1.54) is 18.2 Å². The normalized spacial score (nSPS) is 14.1. The molecule has 1 heterocycles. The molecular weight excluding hydrogens is 628 g/mol. The summed E-state index contributed by atoms with van der Waals surface area (Å²) in [5.41, 5.74) is 4.93. The Morgan fingerprint density at radius 1 is 0.854 bits per heavy atom. The van der Waals surface area contributed by atoms with Gasteiger partial charge in [-0.25, -0.2) is 4.79 Å². The van der Waals surface area contributed by atoms with Gasteiger partial charge in [-0.15, -0.1) is 0 Å². The van der Waals surface area contributed by atoms with Crippen molar-refractivity contribution >= 4 is 21.9 Å². The van der Waals surface area contributed by atoms with Gasteiger partial charge in [0.05, 0.1) is 6.04 Å². The van der Waals surface area contributed by atoms with E-state index in [0.717, 1.165) is 27.8 Å². The second-order valence-electron chi connectivity index (χ2n) is 11.5. The van der Waals surface area contributed by atoms with E-state index in [9.17, 15) is 18.3 Å². The Bertz CT molecular complexity index is 1950. The average Bonchev–Trinajstić information content (AvgIpc) is 3.10. The molecule has 0 saturated heterocycles. The van der Waals surface area contributed by atoms with Crippen LogP contribution in [-0.2, 0) is 34.5 Å². The maximum absolute atomic E-state index is 13.6. The molecule has 5 aromatic carbocycles. The van der Waals surface area contributed by atoms with E-state index in [0.29, 0.717) is 31.0 Å². The highest BCUT2D eigenvalue weighted by Crippen LogP contribution is 2.37. The topological polar surface area (TPSA) is 114 Å². The highest BCUT2D eigenvalue weighted by Gasteiger charge is 2.29. The van der Waals surface area contributed by atoms with Crippen LogP contribution in [0.3, 0.4) is 0 Å². The minimum absolute atomic E-state index is 0.00842. The maximum Gasteiger partial charge on any atom is 0.414 e. The SMILES string of the molecule is Cc1ccc(S(=O)(=O)Oc2cc3c(cc2O)C(CN(C(=O)OCc2ccccc2)c2ccc(OCc4ccccc4)cc2)NCC3)cc1. The van der Waals surface area contributed by atoms with E-state index < -0.39 is 22.3 Å². The molecule has 9 nitrogen and oxygen atoms in total. The number of benzene rings is 5. The fourth-order valence-electron chi connectivity index (χ4n) is 5.49. The number of aryl methyl sites for hydroxylation is 1. The Labute approximate surface area is 280 Å². The molecule has 10 heteroatoms. The Balaban J connectivity index is 1.23. The van der Waals surface area contributed by atoms with Gasteiger partial charge in [0.25, 0.3) is 0 Å². The van der Waals surface area contributed by atoms with Crippen molar-refractivity contribution < 1.29 is 32.0 Å². The van der Waals surface area contributed by atoms with Crippen LogP contribution in [0, 0.1) is 6.92 Å². The molecule has 0 radical (unpaired) electrons. The Kier molecular flexibility index (Phi) is 9.94. The van der Waals surface area contributed by atoms with E-state index in [-0.39, 0.29) is 29.5 Å². The van der Waals surface area contributed by atoms with Gasteiger partial charge in [-0.05, 0) is 90.7 Å². The first-order chi connectivity index (χ1) is 23.2. The van der Waals surface area contributed by atoms with Crippen molar-refractivity contribution in [3.8, 4) is 17.2 Å². The average molecular weight is 665 g/mol. The zero-order valence-corrected chi connectivity index (χ0v) is 27.2. The standard InChI is InChI=1S/C38H36N2O7S/c1-27-12-18-33(19-13-27)48(43,44)47-37-22-30-20-21-39-35(34(30)23-36(37)41)24-40(38(42)46-26-29-10-6-3-7-11-29)31-14-16-32(17-15-31)45-25-28-8-4-2-5-9-28/h2-19,22-23,35,39,41H,20-21,24-26H2,1H3. The first-order valence-corrected chi connectivity index (χ1v) is 17.0. The Morgan fingerprint density at radius 3 is 2.17 bits per heavy atom. The molecule has 5 aromatic rings. The molecule has 0 aromatic heterocycles. The van der Waals surface area contributed by atoms with Gasteiger partial charge in [-0.3, -0.25) is 4.90 Å². The number of aromatic hydroxyl groups is 1. The molecule has 0 aliphatic carbocycles. The van der Waals surface area contributed by atoms with E-state index in [1.54, 1.807) is 35.2 Å². The summed E-state index contributed by atoms with van der Waals surface area (Å²) in [5.74, 6) is 0.177. The molecule has 48 heavy (non-hydrogen) atoms. The van der Waals surface area contributed by atoms with Crippen molar-refractivity contribution in [3.63, 3.8) is 0 Å². The third-order valence-electron chi connectivity index (χ3n) is 8.08. The molecule has 2 N–H and O–H groups in total. The lowest BCUT2D eigenvalue weighted by Crippen LogP contribution is -2.42. The van der Waals surface area contributed by atoms with Crippen molar-refractivity contribution in [2.24, 2.45) is 0 Å². The molecule has 1 unspecified atom stereocenters. The number of nitrogens with zero attached hydrogens (tertiary/aromatic N) is 1. The van der Waals surface area contributed by atoms with Gasteiger partial charge >= 0.3 is 16.2 Å². The molecule has 6 rings (SSSR count). The second-order valence-corrected chi connectivity index (χ2v) is 13.1. The number of anilines is 1. The Morgan fingerprint density at radius 2 is 1.50 bits per heavy atom. The van der Waals surface area contributed by atoms with E-state index in [4.69, 9.17) is 13.7 Å². The summed E-state index contributed by atoms with van der Waals surface area (Å²) in [6.07, 6.45) is 0.0259. The largest absolute Gasteiger partial charge is 0.504 e. The lowest BCUT2D eigenvalue weighted by Gasteiger charge is -2.32. The van der Waals surface area contributed by atoms with E-state index in [2.05, 4.69) is 5.32 Å². The quantitative estimate of drug-likeness (QED) is 0.144. The predicted molar refractivity (Wildman–Crippen MR) is 183 cm³/mol. The number of amides is 1. The molecule has 1 atom stereocenters. The van der Waals surface area contributed by atoms with Crippen LogP contribution >= 0.6 is 0 Å². The van der Waals surface area contributed by atoms with Crippen LogP contribution in [0.4, 0.5) is 10.5 Å². The summed E-state index contributed by atoms with van der Waals surface area (Å²) < 4.78 is 43.0.